The van der Waals surface area contributed by atoms with Gasteiger partial charge in [-0.15, -0.1) is 0 Å². The lowest BCUT2D eigenvalue weighted by Gasteiger charge is -2.26. The van der Waals surface area contributed by atoms with Crippen LogP contribution in [0, 0.1) is 0 Å². The normalized spacial score (nSPS) is 21.4. The Kier molecular flexibility index (Phi) is 5.17. The Morgan fingerprint density at radius 3 is 2.38 bits per heavy atom. The molecule has 3 rings (SSSR count). The Labute approximate surface area is 150 Å². The fourth-order valence-electron chi connectivity index (χ4n) is 3.30. The van der Waals surface area contributed by atoms with Crippen molar-refractivity contribution in [2.75, 3.05) is 13.1 Å². The fourth-order valence-corrected chi connectivity index (χ4v) is 3.42. The predicted molar refractivity (Wildman–Crippen MR) is 101 cm³/mol. The van der Waals surface area contributed by atoms with Crippen molar-refractivity contribution >= 4 is 11.6 Å². The van der Waals surface area contributed by atoms with Crippen LogP contribution in [0.5, 0.6) is 5.75 Å². The van der Waals surface area contributed by atoms with Gasteiger partial charge in [-0.3, -0.25) is 4.90 Å². The molecule has 0 saturated carbocycles. The first kappa shape index (κ1) is 17.3. The first-order chi connectivity index (χ1) is 11.4. The molecule has 0 N–H and O–H groups in total. The summed E-state index contributed by atoms with van der Waals surface area (Å²) in [5.74, 6) is 1.48. The smallest absolute Gasteiger partial charge is 0.120 e. The molecule has 2 nitrogen and oxygen atoms in total. The molecule has 0 spiro atoms. The summed E-state index contributed by atoms with van der Waals surface area (Å²) in [5, 5.41) is 0.741. The van der Waals surface area contributed by atoms with Gasteiger partial charge in [0, 0.05) is 31.1 Å². The number of hydrogen-bond acceptors (Lipinski definition) is 2. The van der Waals surface area contributed by atoms with E-state index in [0.717, 1.165) is 36.8 Å². The van der Waals surface area contributed by atoms with E-state index in [1.165, 1.54) is 11.1 Å². The molecule has 0 bridgehead atoms. The third-order valence-corrected chi connectivity index (χ3v) is 5.00. The van der Waals surface area contributed by atoms with Crippen LogP contribution in [-0.2, 0) is 6.54 Å². The van der Waals surface area contributed by atoms with Gasteiger partial charge in [0.15, 0.2) is 0 Å². The first-order valence-electron chi connectivity index (χ1n) is 8.69. The highest BCUT2D eigenvalue weighted by atomic mass is 35.5. The van der Waals surface area contributed by atoms with E-state index < -0.39 is 0 Å². The molecule has 3 heteroatoms. The van der Waals surface area contributed by atoms with Crippen LogP contribution in [0.3, 0.4) is 0 Å². The van der Waals surface area contributed by atoms with Gasteiger partial charge >= 0.3 is 0 Å². The number of benzene rings is 2. The number of likely N-dealkylation sites (tertiary alicyclic amines) is 1. The van der Waals surface area contributed by atoms with Crippen molar-refractivity contribution in [1.29, 1.82) is 0 Å². The number of halogens is 1. The van der Waals surface area contributed by atoms with Crippen LogP contribution in [0.15, 0.2) is 48.5 Å². The van der Waals surface area contributed by atoms with Gasteiger partial charge in [0.1, 0.15) is 11.4 Å². The molecule has 0 aliphatic carbocycles. The number of hydrogen-bond donors (Lipinski definition) is 0. The van der Waals surface area contributed by atoms with Gasteiger partial charge in [-0.2, -0.15) is 0 Å². The van der Waals surface area contributed by atoms with Crippen molar-refractivity contribution in [2.45, 2.75) is 45.3 Å². The number of nitrogens with zero attached hydrogens (tertiary/aromatic N) is 1. The second-order valence-electron chi connectivity index (χ2n) is 7.36. The summed E-state index contributed by atoms with van der Waals surface area (Å²) in [6.07, 6.45) is 1.04. The van der Waals surface area contributed by atoms with Gasteiger partial charge in [-0.1, -0.05) is 49.7 Å². The minimum Gasteiger partial charge on any atom is -0.486 e. The van der Waals surface area contributed by atoms with E-state index in [-0.39, 0.29) is 5.60 Å². The average Bonchev–Trinajstić information content (AvgIpc) is 2.91. The van der Waals surface area contributed by atoms with E-state index in [4.69, 9.17) is 16.3 Å². The zero-order valence-corrected chi connectivity index (χ0v) is 15.5. The highest BCUT2D eigenvalue weighted by Gasteiger charge is 2.35. The van der Waals surface area contributed by atoms with Crippen LogP contribution in [0.4, 0.5) is 0 Å². The monoisotopic (exact) mass is 343 g/mol. The van der Waals surface area contributed by atoms with Crippen molar-refractivity contribution in [1.82, 2.24) is 4.90 Å². The second-order valence-corrected chi connectivity index (χ2v) is 7.80. The molecule has 1 unspecified atom stereocenters. The van der Waals surface area contributed by atoms with Gasteiger partial charge in [0.2, 0.25) is 0 Å². The summed E-state index contributed by atoms with van der Waals surface area (Å²) in [7, 11) is 0. The zero-order chi connectivity index (χ0) is 17.2. The molecule has 0 radical (unpaired) electrons. The molecular formula is C21H26ClNO. The molecule has 0 amide bonds. The van der Waals surface area contributed by atoms with Crippen LogP contribution >= 0.6 is 11.6 Å². The lowest BCUT2D eigenvalue weighted by molar-refractivity contribution is 0.0951. The molecule has 2 aromatic rings. The molecule has 128 valence electrons. The largest absolute Gasteiger partial charge is 0.486 e. The molecule has 2 aromatic carbocycles. The third kappa shape index (κ3) is 4.31. The fraction of sp³-hybridized carbons (Fsp3) is 0.429. The van der Waals surface area contributed by atoms with Crippen molar-refractivity contribution in [2.24, 2.45) is 0 Å². The van der Waals surface area contributed by atoms with Crippen LogP contribution in [0.2, 0.25) is 5.02 Å². The summed E-state index contributed by atoms with van der Waals surface area (Å²) < 4.78 is 6.24. The highest BCUT2D eigenvalue weighted by molar-refractivity contribution is 6.30. The highest BCUT2D eigenvalue weighted by Crippen LogP contribution is 2.29. The van der Waals surface area contributed by atoms with E-state index in [9.17, 15) is 0 Å². The van der Waals surface area contributed by atoms with Crippen molar-refractivity contribution in [3.63, 3.8) is 0 Å². The van der Waals surface area contributed by atoms with Crippen LogP contribution in [0.1, 0.15) is 44.2 Å². The van der Waals surface area contributed by atoms with Crippen molar-refractivity contribution in [3.8, 4) is 5.75 Å². The van der Waals surface area contributed by atoms with Gasteiger partial charge in [-0.25, -0.2) is 0 Å². The minimum absolute atomic E-state index is 0.133. The third-order valence-electron chi connectivity index (χ3n) is 4.75. The van der Waals surface area contributed by atoms with E-state index in [1.54, 1.807) is 0 Å². The Hall–Kier alpha value is -1.51. The molecule has 1 saturated heterocycles. The summed E-state index contributed by atoms with van der Waals surface area (Å²) >= 11 is 5.94. The van der Waals surface area contributed by atoms with Crippen molar-refractivity contribution < 1.29 is 4.74 Å². The molecule has 1 atom stereocenters. The molecule has 0 aromatic heterocycles. The summed E-state index contributed by atoms with van der Waals surface area (Å²) in [6.45, 7) is 9.66. The van der Waals surface area contributed by atoms with Crippen LogP contribution < -0.4 is 4.74 Å². The van der Waals surface area contributed by atoms with Gasteiger partial charge < -0.3 is 4.74 Å². The minimum atomic E-state index is -0.133. The second kappa shape index (κ2) is 7.16. The summed E-state index contributed by atoms with van der Waals surface area (Å²) in [4.78, 5) is 2.47. The van der Waals surface area contributed by atoms with E-state index in [2.05, 4.69) is 49.9 Å². The first-order valence-corrected chi connectivity index (χ1v) is 9.07. The number of rotatable bonds is 5. The Morgan fingerprint density at radius 1 is 1.08 bits per heavy atom. The summed E-state index contributed by atoms with van der Waals surface area (Å²) in [6, 6.07) is 16.7. The van der Waals surface area contributed by atoms with E-state index in [1.807, 2.05) is 24.3 Å². The van der Waals surface area contributed by atoms with Crippen LogP contribution in [0.25, 0.3) is 0 Å². The topological polar surface area (TPSA) is 12.5 Å². The van der Waals surface area contributed by atoms with Crippen LogP contribution in [-0.4, -0.2) is 23.6 Å². The maximum Gasteiger partial charge on any atom is 0.120 e. The Balaban J connectivity index is 1.58. The lowest BCUT2D eigenvalue weighted by Crippen LogP contribution is -2.35. The predicted octanol–water partition coefficient (Wildman–Crippen LogP) is 5.51. The lowest BCUT2D eigenvalue weighted by atomic mass is 10.0. The van der Waals surface area contributed by atoms with E-state index >= 15 is 0 Å². The number of ether oxygens (including phenoxy) is 1. The Morgan fingerprint density at radius 2 is 1.75 bits per heavy atom. The molecular weight excluding hydrogens is 318 g/mol. The van der Waals surface area contributed by atoms with Gasteiger partial charge in [-0.05, 0) is 48.2 Å². The summed E-state index contributed by atoms with van der Waals surface area (Å²) in [5.41, 5.74) is 2.64. The molecule has 1 heterocycles. The maximum absolute atomic E-state index is 6.24. The van der Waals surface area contributed by atoms with Gasteiger partial charge in [0.25, 0.3) is 0 Å². The van der Waals surface area contributed by atoms with Gasteiger partial charge in [0.05, 0.1) is 0 Å². The molecule has 1 aliphatic heterocycles. The SMILES string of the molecule is CC(C)c1ccc(CN2CCC(C)(Oc3ccc(Cl)cc3)C2)cc1. The molecule has 1 fully saturated rings. The Bertz CT molecular complexity index is 665. The quantitative estimate of drug-likeness (QED) is 0.710. The standard InChI is InChI=1S/C21H26ClNO/c1-16(2)18-6-4-17(5-7-18)14-23-13-12-21(3,15-23)24-20-10-8-19(22)9-11-20/h4-11,16H,12-15H2,1-3H3. The van der Waals surface area contributed by atoms with Crippen molar-refractivity contribution in [3.05, 3.63) is 64.7 Å². The average molecular weight is 344 g/mol. The maximum atomic E-state index is 6.24. The molecule has 1 aliphatic rings. The van der Waals surface area contributed by atoms with E-state index in [0.29, 0.717) is 5.92 Å². The molecule has 24 heavy (non-hydrogen) atoms. The zero-order valence-electron chi connectivity index (χ0n) is 14.8.